The van der Waals surface area contributed by atoms with Gasteiger partial charge in [-0.15, -0.1) is 0 Å². The maximum absolute atomic E-state index is 14.3. The minimum absolute atomic E-state index is 0.0585. The lowest BCUT2D eigenvalue weighted by Gasteiger charge is -2.31. The van der Waals surface area contributed by atoms with Crippen molar-refractivity contribution in [2.24, 2.45) is 4.99 Å². The normalized spacial score (nSPS) is 17.7. The van der Waals surface area contributed by atoms with E-state index >= 15 is 0 Å². The molecule has 0 fully saturated rings. The second-order valence-electron chi connectivity index (χ2n) is 10.2. The van der Waals surface area contributed by atoms with Crippen molar-refractivity contribution < 1.29 is 23.8 Å². The zero-order chi connectivity index (χ0) is 30.2. The number of nitrogens with zero attached hydrogens (tertiary/aromatic N) is 1. The molecule has 4 aromatic rings. The summed E-state index contributed by atoms with van der Waals surface area (Å²) in [7, 11) is 0. The minimum Gasteiger partial charge on any atom is -0.494 e. The molecular formula is C34H31Br2FN2O4. The molecule has 1 aliphatic heterocycles. The molecule has 2 N–H and O–H groups in total. The zero-order valence-electron chi connectivity index (χ0n) is 23.3. The van der Waals surface area contributed by atoms with Crippen molar-refractivity contribution in [2.75, 3.05) is 19.8 Å². The first-order valence-corrected chi connectivity index (χ1v) is 15.6. The average molecular weight is 710 g/mol. The van der Waals surface area contributed by atoms with Crippen LogP contribution in [0.5, 0.6) is 5.75 Å². The van der Waals surface area contributed by atoms with Gasteiger partial charge in [-0.1, -0.05) is 74.3 Å². The van der Waals surface area contributed by atoms with Crippen molar-refractivity contribution in [1.82, 2.24) is 5.32 Å². The predicted octanol–water partition coefficient (Wildman–Crippen LogP) is 6.97. The van der Waals surface area contributed by atoms with Gasteiger partial charge in [-0.3, -0.25) is 4.79 Å². The van der Waals surface area contributed by atoms with E-state index in [2.05, 4.69) is 37.2 Å². The maximum Gasteiger partial charge on any atom is 0.252 e. The van der Waals surface area contributed by atoms with E-state index in [1.54, 1.807) is 18.2 Å². The largest absolute Gasteiger partial charge is 0.494 e. The third kappa shape index (κ3) is 7.52. The van der Waals surface area contributed by atoms with Crippen LogP contribution in [0, 0.1) is 5.82 Å². The second-order valence-corrected chi connectivity index (χ2v) is 12.1. The van der Waals surface area contributed by atoms with Gasteiger partial charge < -0.3 is 19.9 Å². The molecule has 0 radical (unpaired) electrons. The lowest BCUT2D eigenvalue weighted by Crippen LogP contribution is -2.50. The lowest BCUT2D eigenvalue weighted by molar-refractivity contribution is -0.128. The molecule has 5 rings (SSSR count). The van der Waals surface area contributed by atoms with Crippen LogP contribution in [-0.2, 0) is 22.4 Å². The molecular weight excluding hydrogens is 679 g/mol. The van der Waals surface area contributed by atoms with Crippen LogP contribution in [0.1, 0.15) is 34.8 Å². The molecule has 0 aliphatic carbocycles. The number of benzene rings is 4. The summed E-state index contributed by atoms with van der Waals surface area (Å²) in [6, 6.07) is 29.3. The number of nitrogens with one attached hydrogen (secondary N) is 1. The standard InChI is InChI=1S/C34H31Br2FN2O4/c35-27-12-6-23(7-13-27)22-34(33(41)38-19-18-24-4-1-2-5-30(24)37)31(25-8-14-28(36)15-9-25)43-32(39-34)26-10-16-29(17-11-26)42-21-3-20-40/h1-2,4-17,31,40H,3,18-22H2,(H,38,41)/t31-,34-/m1/s1. The van der Waals surface area contributed by atoms with E-state index in [4.69, 9.17) is 19.6 Å². The van der Waals surface area contributed by atoms with Crippen molar-refractivity contribution in [1.29, 1.82) is 0 Å². The first kappa shape index (κ1) is 30.9. The number of aliphatic imine (C=N–C) groups is 1. The second kappa shape index (κ2) is 14.3. The number of ether oxygens (including phenoxy) is 2. The molecule has 9 heteroatoms. The van der Waals surface area contributed by atoms with Crippen molar-refractivity contribution in [3.8, 4) is 5.75 Å². The Morgan fingerprint density at radius 1 is 0.953 bits per heavy atom. The van der Waals surface area contributed by atoms with E-state index in [0.29, 0.717) is 42.2 Å². The molecule has 222 valence electrons. The molecule has 43 heavy (non-hydrogen) atoms. The minimum atomic E-state index is -1.34. The highest BCUT2D eigenvalue weighted by Crippen LogP contribution is 2.43. The quantitative estimate of drug-likeness (QED) is 0.156. The summed E-state index contributed by atoms with van der Waals surface area (Å²) in [5.74, 6) is 0.393. The smallest absolute Gasteiger partial charge is 0.252 e. The number of aliphatic hydroxyl groups excluding tert-OH is 1. The molecule has 0 bridgehead atoms. The number of halogens is 3. The van der Waals surface area contributed by atoms with E-state index in [9.17, 15) is 9.18 Å². The van der Waals surface area contributed by atoms with Gasteiger partial charge in [-0.2, -0.15) is 0 Å². The maximum atomic E-state index is 14.3. The molecule has 0 unspecified atom stereocenters. The highest BCUT2D eigenvalue weighted by atomic mass is 79.9. The lowest BCUT2D eigenvalue weighted by atomic mass is 9.82. The van der Waals surface area contributed by atoms with Crippen LogP contribution >= 0.6 is 31.9 Å². The Bertz CT molecular complexity index is 1560. The summed E-state index contributed by atoms with van der Waals surface area (Å²) >= 11 is 7.00. The molecule has 6 nitrogen and oxygen atoms in total. The van der Waals surface area contributed by atoms with Gasteiger partial charge in [0.1, 0.15) is 11.6 Å². The first-order chi connectivity index (χ1) is 20.9. The van der Waals surface area contributed by atoms with Gasteiger partial charge in [-0.05, 0) is 77.7 Å². The summed E-state index contributed by atoms with van der Waals surface area (Å²) in [4.78, 5) is 19.3. The van der Waals surface area contributed by atoms with Gasteiger partial charge in [-0.25, -0.2) is 9.38 Å². The molecule has 2 atom stereocenters. The van der Waals surface area contributed by atoms with Gasteiger partial charge in [0.05, 0.1) is 6.61 Å². The Morgan fingerprint density at radius 2 is 1.63 bits per heavy atom. The summed E-state index contributed by atoms with van der Waals surface area (Å²) in [6.07, 6.45) is 0.425. The van der Waals surface area contributed by atoms with Crippen LogP contribution < -0.4 is 10.1 Å². The third-order valence-corrected chi connectivity index (χ3v) is 8.28. The van der Waals surface area contributed by atoms with Gasteiger partial charge in [0.15, 0.2) is 11.6 Å². The van der Waals surface area contributed by atoms with E-state index in [-0.39, 0.29) is 31.3 Å². The van der Waals surface area contributed by atoms with Gasteiger partial charge in [0.25, 0.3) is 5.91 Å². The molecule has 0 aromatic heterocycles. The fraction of sp³-hybridized carbons (Fsp3) is 0.235. The third-order valence-electron chi connectivity index (χ3n) is 7.23. The Morgan fingerprint density at radius 3 is 2.30 bits per heavy atom. The molecule has 1 aliphatic rings. The number of carbonyl (C=O) groups is 1. The SMILES string of the molecule is O=C(NCCc1ccccc1F)[C@]1(Cc2ccc(Br)cc2)N=C(c2ccc(OCCCO)cc2)O[C@@H]1c1ccc(Br)cc1. The zero-order valence-corrected chi connectivity index (χ0v) is 26.5. The summed E-state index contributed by atoms with van der Waals surface area (Å²) in [5.41, 5.74) is 1.60. The fourth-order valence-corrected chi connectivity index (χ4v) is 5.53. The van der Waals surface area contributed by atoms with E-state index in [0.717, 1.165) is 20.1 Å². The van der Waals surface area contributed by atoms with Crippen LogP contribution in [0.25, 0.3) is 0 Å². The molecule has 4 aromatic carbocycles. The van der Waals surface area contributed by atoms with Crippen molar-refractivity contribution in [3.63, 3.8) is 0 Å². The van der Waals surface area contributed by atoms with Gasteiger partial charge in [0.2, 0.25) is 5.90 Å². The first-order valence-electron chi connectivity index (χ1n) is 14.0. The number of hydrogen-bond donors (Lipinski definition) is 2. The highest BCUT2D eigenvalue weighted by molar-refractivity contribution is 9.10. The molecule has 1 heterocycles. The van der Waals surface area contributed by atoms with Crippen LogP contribution in [0.3, 0.4) is 0 Å². The number of rotatable bonds is 12. The van der Waals surface area contributed by atoms with Crippen molar-refractivity contribution in [3.05, 3.63) is 134 Å². The average Bonchev–Trinajstić information content (AvgIpc) is 3.40. The van der Waals surface area contributed by atoms with E-state index < -0.39 is 11.6 Å². The topological polar surface area (TPSA) is 80.2 Å². The number of amides is 1. The Labute approximate surface area is 267 Å². The van der Waals surface area contributed by atoms with Gasteiger partial charge >= 0.3 is 0 Å². The fourth-order valence-electron chi connectivity index (χ4n) is 5.00. The predicted molar refractivity (Wildman–Crippen MR) is 172 cm³/mol. The van der Waals surface area contributed by atoms with E-state index in [1.165, 1.54) is 6.07 Å². The van der Waals surface area contributed by atoms with Gasteiger partial charge in [0, 0.05) is 40.5 Å². The Hall–Kier alpha value is -3.53. The highest BCUT2D eigenvalue weighted by Gasteiger charge is 2.53. The molecule has 1 amide bonds. The molecule has 0 saturated carbocycles. The van der Waals surface area contributed by atoms with Crippen LogP contribution in [0.2, 0.25) is 0 Å². The van der Waals surface area contributed by atoms with Crippen LogP contribution in [0.4, 0.5) is 4.39 Å². The van der Waals surface area contributed by atoms with Crippen LogP contribution in [-0.4, -0.2) is 42.2 Å². The van der Waals surface area contributed by atoms with E-state index in [1.807, 2.05) is 72.8 Å². The van der Waals surface area contributed by atoms with Crippen LogP contribution in [0.15, 0.2) is 111 Å². The Balaban J connectivity index is 1.51. The summed E-state index contributed by atoms with van der Waals surface area (Å²) < 4.78 is 28.4. The van der Waals surface area contributed by atoms with Crippen molar-refractivity contribution in [2.45, 2.75) is 30.9 Å². The Kier molecular flexibility index (Phi) is 10.3. The van der Waals surface area contributed by atoms with Crippen molar-refractivity contribution >= 4 is 43.7 Å². The number of aliphatic hydroxyl groups is 1. The summed E-state index contributed by atoms with van der Waals surface area (Å²) in [5, 5.41) is 12.1. The number of carbonyl (C=O) groups excluding carboxylic acids is 1. The summed E-state index contributed by atoms with van der Waals surface area (Å²) in [6.45, 7) is 0.699. The molecule has 0 spiro atoms. The molecule has 0 saturated heterocycles. The monoisotopic (exact) mass is 708 g/mol. The number of hydrogen-bond acceptors (Lipinski definition) is 5.